The molecule has 1 saturated heterocycles. The maximum Gasteiger partial charge on any atom is 0.118 e. The van der Waals surface area contributed by atoms with E-state index in [4.69, 9.17) is 4.74 Å². The van der Waals surface area contributed by atoms with E-state index in [-0.39, 0.29) is 24.8 Å². The Hall–Kier alpha value is -0.170. The molecule has 1 unspecified atom stereocenters. The molecular weight excluding hydrogens is 343 g/mol. The van der Waals surface area contributed by atoms with Gasteiger partial charge in [-0.25, -0.2) is 0 Å². The fraction of sp³-hybridized carbons (Fsp3) is 0.600. The molecule has 0 spiro atoms. The number of hydrogen-bond acceptors (Lipinski definition) is 5. The number of halogens is 2. The Bertz CT molecular complexity index is 401. The van der Waals surface area contributed by atoms with E-state index in [1.165, 1.54) is 4.90 Å². The molecule has 0 radical (unpaired) electrons. The molecule has 128 valence electrons. The highest BCUT2D eigenvalue weighted by molar-refractivity contribution is 7.99. The van der Waals surface area contributed by atoms with E-state index >= 15 is 0 Å². The topological polar surface area (TPSA) is 53.5 Å². The normalized spacial score (nSPS) is 20.6. The zero-order valence-corrected chi connectivity index (χ0v) is 15.3. The zero-order valence-electron chi connectivity index (χ0n) is 12.8. The molecular formula is C15H26Cl2N2O2S. The summed E-state index contributed by atoms with van der Waals surface area (Å²) >= 11 is 1.81. The summed E-state index contributed by atoms with van der Waals surface area (Å²) in [6.07, 6.45) is 1.94. The maximum absolute atomic E-state index is 10.3. The molecule has 4 nitrogen and oxygen atoms in total. The van der Waals surface area contributed by atoms with Gasteiger partial charge in [0.2, 0.25) is 0 Å². The van der Waals surface area contributed by atoms with Crippen LogP contribution in [0.3, 0.4) is 0 Å². The molecule has 1 aliphatic heterocycles. The van der Waals surface area contributed by atoms with Crippen LogP contribution in [-0.2, 0) is 0 Å². The van der Waals surface area contributed by atoms with E-state index in [0.717, 1.165) is 37.4 Å². The van der Waals surface area contributed by atoms with Gasteiger partial charge in [0.1, 0.15) is 5.75 Å². The maximum atomic E-state index is 10.3. The molecule has 1 aromatic carbocycles. The van der Waals surface area contributed by atoms with E-state index in [1.807, 2.05) is 23.9 Å². The van der Waals surface area contributed by atoms with Crippen LogP contribution in [0.25, 0.3) is 0 Å². The van der Waals surface area contributed by atoms with Crippen LogP contribution in [-0.4, -0.2) is 49.7 Å². The quantitative estimate of drug-likeness (QED) is 0.509. The minimum absolute atomic E-state index is 0. The van der Waals surface area contributed by atoms with Gasteiger partial charge < -0.3 is 20.5 Å². The number of β-amino-alcohol motifs (C(OH)–C–C–N with tert-alkyl or cyclic N) is 1. The molecule has 1 aromatic rings. The predicted molar refractivity (Wildman–Crippen MR) is 98.1 cm³/mol. The largest absolute Gasteiger partial charge is 0.497 e. The van der Waals surface area contributed by atoms with Crippen LogP contribution in [0.5, 0.6) is 5.75 Å². The number of rotatable bonds is 7. The highest BCUT2D eigenvalue weighted by Gasteiger charge is 2.28. The predicted octanol–water partition coefficient (Wildman–Crippen LogP) is 2.33. The number of nitrogens with one attached hydrogen (secondary N) is 2. The molecule has 0 aliphatic carbocycles. The lowest BCUT2D eigenvalue weighted by atomic mass is 9.94. The Labute approximate surface area is 149 Å². The summed E-state index contributed by atoms with van der Waals surface area (Å²) in [5.41, 5.74) is -0.566. The zero-order chi connectivity index (χ0) is 14.3. The van der Waals surface area contributed by atoms with Crippen LogP contribution in [0.15, 0.2) is 29.2 Å². The first kappa shape index (κ1) is 21.8. The Morgan fingerprint density at radius 2 is 2.05 bits per heavy atom. The number of piperidine rings is 1. The number of hydrogen-bond donors (Lipinski definition) is 3. The molecule has 0 amide bonds. The van der Waals surface area contributed by atoms with Crippen molar-refractivity contribution in [2.45, 2.75) is 23.3 Å². The summed E-state index contributed by atoms with van der Waals surface area (Å²) in [4.78, 5) is 1.24. The van der Waals surface area contributed by atoms with Crippen LogP contribution in [0.4, 0.5) is 0 Å². The second kappa shape index (κ2) is 11.4. The van der Waals surface area contributed by atoms with Crippen molar-refractivity contribution in [1.29, 1.82) is 0 Å². The van der Waals surface area contributed by atoms with Crippen LogP contribution in [0.2, 0.25) is 0 Å². The number of methoxy groups -OCH3 is 1. The van der Waals surface area contributed by atoms with Crippen molar-refractivity contribution in [1.82, 2.24) is 10.6 Å². The van der Waals surface area contributed by atoms with Crippen molar-refractivity contribution in [3.05, 3.63) is 24.3 Å². The van der Waals surface area contributed by atoms with E-state index in [2.05, 4.69) is 22.8 Å². The van der Waals surface area contributed by atoms with Gasteiger partial charge >= 0.3 is 0 Å². The average molecular weight is 369 g/mol. The second-order valence-corrected chi connectivity index (χ2v) is 6.37. The number of benzene rings is 1. The highest BCUT2D eigenvalue weighted by Crippen LogP contribution is 2.20. The summed E-state index contributed by atoms with van der Waals surface area (Å²) in [6, 6.07) is 8.10. The van der Waals surface area contributed by atoms with Gasteiger partial charge in [0, 0.05) is 30.3 Å². The fourth-order valence-electron chi connectivity index (χ4n) is 2.34. The molecule has 1 heterocycles. The molecule has 0 aromatic heterocycles. The molecule has 0 saturated carbocycles. The van der Waals surface area contributed by atoms with Crippen molar-refractivity contribution in [3.63, 3.8) is 0 Å². The monoisotopic (exact) mass is 368 g/mol. The first-order chi connectivity index (χ1) is 9.72. The van der Waals surface area contributed by atoms with Crippen molar-refractivity contribution in [2.24, 2.45) is 0 Å². The Kier molecular flexibility index (Phi) is 11.3. The van der Waals surface area contributed by atoms with Gasteiger partial charge in [0.25, 0.3) is 0 Å². The molecule has 2 rings (SSSR count). The summed E-state index contributed by atoms with van der Waals surface area (Å²) in [5, 5.41) is 16.9. The van der Waals surface area contributed by atoms with Crippen LogP contribution in [0, 0.1) is 0 Å². The first-order valence-electron chi connectivity index (χ1n) is 7.13. The molecule has 1 aliphatic rings. The van der Waals surface area contributed by atoms with Crippen LogP contribution < -0.4 is 15.4 Å². The number of aliphatic hydroxyl groups is 1. The molecule has 22 heavy (non-hydrogen) atoms. The van der Waals surface area contributed by atoms with E-state index in [1.54, 1.807) is 7.11 Å². The minimum atomic E-state index is -0.566. The third-order valence-electron chi connectivity index (χ3n) is 3.51. The van der Waals surface area contributed by atoms with Gasteiger partial charge in [0.15, 0.2) is 0 Å². The van der Waals surface area contributed by atoms with Gasteiger partial charge in [0.05, 0.1) is 12.7 Å². The van der Waals surface area contributed by atoms with E-state index in [0.29, 0.717) is 13.1 Å². The van der Waals surface area contributed by atoms with Gasteiger partial charge in [-0.3, -0.25) is 0 Å². The van der Waals surface area contributed by atoms with Crippen LogP contribution in [0.1, 0.15) is 12.8 Å². The standard InChI is InChI=1S/C15H24N2O2S.2ClH/c1-19-13-3-5-14(6-4-13)20-10-9-17-12-15(18)7-2-8-16-11-15;;/h3-6,16-18H,2,7-12H2,1H3;2*1H. The lowest BCUT2D eigenvalue weighted by Gasteiger charge is -2.32. The Balaban J connectivity index is 0.00000220. The highest BCUT2D eigenvalue weighted by atomic mass is 35.5. The van der Waals surface area contributed by atoms with Gasteiger partial charge in [-0.1, -0.05) is 0 Å². The first-order valence-corrected chi connectivity index (χ1v) is 8.11. The van der Waals surface area contributed by atoms with Gasteiger partial charge in [-0.15, -0.1) is 36.6 Å². The Morgan fingerprint density at radius 3 is 2.64 bits per heavy atom. The van der Waals surface area contributed by atoms with Crippen molar-refractivity contribution >= 4 is 36.6 Å². The summed E-state index contributed by atoms with van der Waals surface area (Å²) in [5.74, 6) is 1.88. The van der Waals surface area contributed by atoms with Crippen molar-refractivity contribution in [2.75, 3.05) is 39.0 Å². The van der Waals surface area contributed by atoms with E-state index < -0.39 is 5.60 Å². The fourth-order valence-corrected chi connectivity index (χ4v) is 3.15. The molecule has 7 heteroatoms. The third kappa shape index (κ3) is 7.40. The lowest BCUT2D eigenvalue weighted by molar-refractivity contribution is 0.0177. The molecule has 3 N–H and O–H groups in total. The lowest BCUT2D eigenvalue weighted by Crippen LogP contribution is -2.52. The average Bonchev–Trinajstić information content (AvgIpc) is 2.48. The number of ether oxygens (including phenoxy) is 1. The number of thioether (sulfide) groups is 1. The van der Waals surface area contributed by atoms with Crippen molar-refractivity contribution < 1.29 is 9.84 Å². The van der Waals surface area contributed by atoms with Gasteiger partial charge in [-0.2, -0.15) is 0 Å². The summed E-state index contributed by atoms with van der Waals surface area (Å²) in [7, 11) is 1.68. The molecule has 1 fully saturated rings. The minimum Gasteiger partial charge on any atom is -0.497 e. The summed E-state index contributed by atoms with van der Waals surface area (Å²) < 4.78 is 5.14. The SMILES string of the molecule is COc1ccc(SCCNCC2(O)CCCNC2)cc1.Cl.Cl. The van der Waals surface area contributed by atoms with Gasteiger partial charge in [-0.05, 0) is 43.7 Å². The molecule has 1 atom stereocenters. The Morgan fingerprint density at radius 1 is 1.32 bits per heavy atom. The smallest absolute Gasteiger partial charge is 0.118 e. The summed E-state index contributed by atoms with van der Waals surface area (Å²) in [6.45, 7) is 3.30. The van der Waals surface area contributed by atoms with E-state index in [9.17, 15) is 5.11 Å². The second-order valence-electron chi connectivity index (χ2n) is 5.21. The van der Waals surface area contributed by atoms with Crippen molar-refractivity contribution in [3.8, 4) is 5.75 Å². The third-order valence-corrected chi connectivity index (χ3v) is 4.52. The van der Waals surface area contributed by atoms with Crippen LogP contribution >= 0.6 is 36.6 Å². The molecule has 0 bridgehead atoms.